The first kappa shape index (κ1) is 12.3. The second-order valence-corrected chi connectivity index (χ2v) is 5.47. The first-order valence-electron chi connectivity index (χ1n) is 5.70. The summed E-state index contributed by atoms with van der Waals surface area (Å²) in [7, 11) is 2.03. The van der Waals surface area contributed by atoms with E-state index in [1.165, 1.54) is 0 Å². The molecule has 17 heavy (non-hydrogen) atoms. The van der Waals surface area contributed by atoms with Crippen molar-refractivity contribution in [2.75, 3.05) is 18.5 Å². The molecule has 0 saturated carbocycles. The Hall–Kier alpha value is -1.16. The van der Waals surface area contributed by atoms with Gasteiger partial charge in [-0.1, -0.05) is 35.8 Å². The second kappa shape index (κ2) is 5.00. The van der Waals surface area contributed by atoms with Crippen molar-refractivity contribution in [3.63, 3.8) is 0 Å². The lowest BCUT2D eigenvalue weighted by Crippen LogP contribution is -2.24. The zero-order valence-electron chi connectivity index (χ0n) is 10.3. The molecule has 2 rings (SSSR count). The Balaban J connectivity index is 2.38. The van der Waals surface area contributed by atoms with E-state index in [0.29, 0.717) is 5.92 Å². The van der Waals surface area contributed by atoms with Crippen LogP contribution in [0, 0.1) is 5.92 Å². The van der Waals surface area contributed by atoms with E-state index >= 15 is 0 Å². The molecule has 0 amide bonds. The third kappa shape index (κ3) is 2.75. The quantitative estimate of drug-likeness (QED) is 0.867. The highest BCUT2D eigenvalue weighted by atomic mass is 79.9. The first-order valence-corrected chi connectivity index (χ1v) is 6.49. The Labute approximate surface area is 110 Å². The van der Waals surface area contributed by atoms with Gasteiger partial charge in [-0.3, -0.25) is 0 Å². The van der Waals surface area contributed by atoms with Crippen molar-refractivity contribution in [2.45, 2.75) is 13.8 Å². The summed E-state index contributed by atoms with van der Waals surface area (Å²) in [5.74, 6) is 1.38. The molecule has 0 spiro atoms. The smallest absolute Gasteiger partial charge is 0.225 e. The van der Waals surface area contributed by atoms with Gasteiger partial charge in [-0.2, -0.15) is 0 Å². The van der Waals surface area contributed by atoms with Gasteiger partial charge >= 0.3 is 0 Å². The molecule has 3 nitrogen and oxygen atoms in total. The molecule has 0 saturated heterocycles. The van der Waals surface area contributed by atoms with Crippen molar-refractivity contribution >= 4 is 32.8 Å². The third-order valence-corrected chi connectivity index (χ3v) is 3.23. The van der Waals surface area contributed by atoms with Crippen molar-refractivity contribution < 1.29 is 0 Å². The van der Waals surface area contributed by atoms with E-state index in [9.17, 15) is 0 Å². The molecule has 0 unspecified atom stereocenters. The zero-order chi connectivity index (χ0) is 12.4. The van der Waals surface area contributed by atoms with Gasteiger partial charge in [0, 0.05) is 29.6 Å². The second-order valence-electron chi connectivity index (χ2n) is 4.62. The highest BCUT2D eigenvalue weighted by Gasteiger charge is 2.08. The maximum Gasteiger partial charge on any atom is 0.225 e. The summed E-state index contributed by atoms with van der Waals surface area (Å²) in [5.41, 5.74) is 0.972. The van der Waals surface area contributed by atoms with Crippen LogP contribution in [0.3, 0.4) is 0 Å². The maximum atomic E-state index is 4.57. The topological polar surface area (TPSA) is 29.0 Å². The zero-order valence-corrected chi connectivity index (χ0v) is 11.9. The Kier molecular flexibility index (Phi) is 3.62. The lowest BCUT2D eigenvalue weighted by molar-refractivity contribution is 0.630. The van der Waals surface area contributed by atoms with Crippen LogP contribution in [0.15, 0.2) is 28.9 Å². The minimum atomic E-state index is 0.599. The number of nitrogens with zero attached hydrogens (tertiary/aromatic N) is 3. The molecule has 0 aliphatic rings. The normalized spacial score (nSPS) is 11.1. The molecule has 1 aromatic heterocycles. The molecule has 2 aromatic rings. The molecule has 0 fully saturated rings. The molecule has 1 aromatic carbocycles. The van der Waals surface area contributed by atoms with E-state index in [1.54, 1.807) is 0 Å². The van der Waals surface area contributed by atoms with Crippen molar-refractivity contribution in [2.24, 2.45) is 5.92 Å². The minimum Gasteiger partial charge on any atom is -0.344 e. The summed E-state index contributed by atoms with van der Waals surface area (Å²) in [4.78, 5) is 11.1. The van der Waals surface area contributed by atoms with Crippen molar-refractivity contribution in [3.05, 3.63) is 28.9 Å². The summed E-state index contributed by atoms with van der Waals surface area (Å²) < 4.78 is 1.04. The molecule has 90 valence electrons. The molecule has 0 bridgehead atoms. The molecule has 0 aliphatic heterocycles. The third-order valence-electron chi connectivity index (χ3n) is 2.54. The van der Waals surface area contributed by atoms with Gasteiger partial charge in [0.1, 0.15) is 0 Å². The van der Waals surface area contributed by atoms with Crippen molar-refractivity contribution in [3.8, 4) is 0 Å². The summed E-state index contributed by atoms with van der Waals surface area (Å²) in [6, 6.07) is 6.00. The largest absolute Gasteiger partial charge is 0.344 e. The molecule has 0 atom stereocenters. The molecular formula is C13H16BrN3. The SMILES string of the molecule is CC(C)CN(C)c1ncc2c(Br)cccc2n1. The first-order chi connectivity index (χ1) is 8.08. The fourth-order valence-corrected chi connectivity index (χ4v) is 2.28. The average molecular weight is 294 g/mol. The predicted molar refractivity (Wildman–Crippen MR) is 75.3 cm³/mol. The predicted octanol–water partition coefficient (Wildman–Crippen LogP) is 3.48. The highest BCUT2D eigenvalue weighted by Crippen LogP contribution is 2.23. The van der Waals surface area contributed by atoms with Gasteiger partial charge in [0.25, 0.3) is 0 Å². The highest BCUT2D eigenvalue weighted by molar-refractivity contribution is 9.10. The Morgan fingerprint density at radius 1 is 1.35 bits per heavy atom. The standard InChI is InChI=1S/C13H16BrN3/c1-9(2)8-17(3)13-15-7-10-11(14)5-4-6-12(10)16-13/h4-7,9H,8H2,1-3H3. The summed E-state index contributed by atoms with van der Waals surface area (Å²) >= 11 is 3.51. The number of fused-ring (bicyclic) bond motifs is 1. The van der Waals surface area contributed by atoms with Crippen LogP contribution in [-0.4, -0.2) is 23.6 Å². The van der Waals surface area contributed by atoms with Crippen LogP contribution in [0.4, 0.5) is 5.95 Å². The van der Waals surface area contributed by atoms with Crippen LogP contribution < -0.4 is 4.90 Å². The van der Waals surface area contributed by atoms with Crippen LogP contribution in [0.2, 0.25) is 0 Å². The van der Waals surface area contributed by atoms with Crippen molar-refractivity contribution in [1.82, 2.24) is 9.97 Å². The van der Waals surface area contributed by atoms with Crippen LogP contribution in [0.5, 0.6) is 0 Å². The van der Waals surface area contributed by atoms with E-state index in [0.717, 1.165) is 27.9 Å². The number of hydrogen-bond acceptors (Lipinski definition) is 3. The van der Waals surface area contributed by atoms with Gasteiger partial charge < -0.3 is 4.90 Å². The fourth-order valence-electron chi connectivity index (χ4n) is 1.82. The van der Waals surface area contributed by atoms with Crippen LogP contribution >= 0.6 is 15.9 Å². The lowest BCUT2D eigenvalue weighted by atomic mass is 10.2. The lowest BCUT2D eigenvalue weighted by Gasteiger charge is -2.19. The Morgan fingerprint density at radius 3 is 2.82 bits per heavy atom. The van der Waals surface area contributed by atoms with E-state index in [1.807, 2.05) is 31.4 Å². The van der Waals surface area contributed by atoms with Crippen LogP contribution in [0.1, 0.15) is 13.8 Å². The minimum absolute atomic E-state index is 0.599. The van der Waals surface area contributed by atoms with Gasteiger partial charge in [-0.05, 0) is 18.1 Å². The van der Waals surface area contributed by atoms with Gasteiger partial charge in [0.15, 0.2) is 0 Å². The van der Waals surface area contributed by atoms with Crippen molar-refractivity contribution in [1.29, 1.82) is 0 Å². The van der Waals surface area contributed by atoms with Gasteiger partial charge in [-0.15, -0.1) is 0 Å². The molecule has 0 N–H and O–H groups in total. The van der Waals surface area contributed by atoms with Crippen LogP contribution in [-0.2, 0) is 0 Å². The monoisotopic (exact) mass is 293 g/mol. The number of halogens is 1. The summed E-state index contributed by atoms with van der Waals surface area (Å²) in [6.45, 7) is 5.34. The van der Waals surface area contributed by atoms with Gasteiger partial charge in [0.05, 0.1) is 5.52 Å². The molecule has 0 aliphatic carbocycles. The molecule has 1 heterocycles. The number of aromatic nitrogens is 2. The number of benzene rings is 1. The van der Waals surface area contributed by atoms with Crippen LogP contribution in [0.25, 0.3) is 10.9 Å². The van der Waals surface area contributed by atoms with E-state index < -0.39 is 0 Å². The van der Waals surface area contributed by atoms with Gasteiger partial charge in [0.2, 0.25) is 5.95 Å². The molecule has 4 heteroatoms. The maximum absolute atomic E-state index is 4.57. The van der Waals surface area contributed by atoms with E-state index in [2.05, 4.69) is 44.6 Å². The number of hydrogen-bond donors (Lipinski definition) is 0. The van der Waals surface area contributed by atoms with E-state index in [4.69, 9.17) is 0 Å². The molecule has 0 radical (unpaired) electrons. The molecular weight excluding hydrogens is 278 g/mol. The number of rotatable bonds is 3. The Bertz CT molecular complexity index is 525. The average Bonchev–Trinajstić information content (AvgIpc) is 2.28. The van der Waals surface area contributed by atoms with E-state index in [-0.39, 0.29) is 0 Å². The summed E-state index contributed by atoms with van der Waals surface area (Å²) in [5, 5.41) is 1.05. The summed E-state index contributed by atoms with van der Waals surface area (Å²) in [6.07, 6.45) is 1.87. The number of anilines is 1. The fraction of sp³-hybridized carbons (Fsp3) is 0.385. The Morgan fingerprint density at radius 2 is 2.12 bits per heavy atom. The van der Waals surface area contributed by atoms with Gasteiger partial charge in [-0.25, -0.2) is 9.97 Å².